The Bertz CT molecular complexity index is 434. The molecule has 2 rings (SSSR count). The molecule has 15 heavy (non-hydrogen) atoms. The maximum Gasteiger partial charge on any atom is 0.387 e. The number of amides is 1. The van der Waals surface area contributed by atoms with Crippen LogP contribution in [-0.4, -0.2) is 24.6 Å². The van der Waals surface area contributed by atoms with Crippen molar-refractivity contribution in [3.05, 3.63) is 41.6 Å². The highest BCUT2D eigenvalue weighted by atomic mass is 16.2. The van der Waals surface area contributed by atoms with Gasteiger partial charge in [0.2, 0.25) is 0 Å². The molecule has 0 radical (unpaired) electrons. The summed E-state index contributed by atoms with van der Waals surface area (Å²) in [6, 6.07) is 9.61. The number of hydrogen-bond donors (Lipinski definition) is 2. The van der Waals surface area contributed by atoms with Gasteiger partial charge in [-0.15, -0.1) is 0 Å². The molecule has 0 saturated heterocycles. The zero-order chi connectivity index (χ0) is 11.1. The molecule has 0 aliphatic carbocycles. The Morgan fingerprint density at radius 1 is 1.20 bits per heavy atom. The van der Waals surface area contributed by atoms with Gasteiger partial charge in [0, 0.05) is 5.56 Å². The topological polar surface area (TPSA) is 55.1 Å². The van der Waals surface area contributed by atoms with Crippen LogP contribution in [-0.2, 0) is 4.79 Å². The average Bonchev–Trinajstić information content (AvgIpc) is 2.44. The second-order valence-electron chi connectivity index (χ2n) is 4.03. The molecule has 0 atom stereocenters. The molecule has 0 unspecified atom stereocenters. The molecule has 1 heterocycles. The van der Waals surface area contributed by atoms with Crippen LogP contribution >= 0.6 is 0 Å². The number of nitrogens with two attached hydrogens (primary N) is 1. The average molecular weight is 204 g/mol. The fourth-order valence-corrected chi connectivity index (χ4v) is 1.62. The van der Waals surface area contributed by atoms with Crippen LogP contribution in [0.25, 0.3) is 5.70 Å². The molecule has 0 fully saturated rings. The van der Waals surface area contributed by atoms with Crippen molar-refractivity contribution in [3.8, 4) is 0 Å². The lowest BCUT2D eigenvalue weighted by molar-refractivity contribution is -0.845. The number of hydrogen-bond acceptors (Lipinski definition) is 3. The number of quaternary nitrogens is 1. The Morgan fingerprint density at radius 3 is 2.27 bits per heavy atom. The number of nitrogens with zero attached hydrogens (tertiary/aromatic N) is 1. The first-order valence-corrected chi connectivity index (χ1v) is 4.75. The first-order chi connectivity index (χ1) is 7.02. The molecule has 3 N–H and O–H groups in total. The van der Waals surface area contributed by atoms with Crippen molar-refractivity contribution in [2.24, 2.45) is 5.73 Å². The standard InChI is InChI=1S/C11H13N3O/c1-14(2)11(15)9(12)10(13-14)8-6-4-3-5-7-8/h3-7H,12H2,1-2H3/p+1. The van der Waals surface area contributed by atoms with Gasteiger partial charge in [0.1, 0.15) is 5.70 Å². The van der Waals surface area contributed by atoms with Gasteiger partial charge < -0.3 is 5.73 Å². The van der Waals surface area contributed by atoms with E-state index in [1.165, 1.54) is 0 Å². The molecule has 0 saturated carbocycles. The van der Waals surface area contributed by atoms with Gasteiger partial charge in [0.05, 0.1) is 14.1 Å². The molecule has 0 spiro atoms. The summed E-state index contributed by atoms with van der Waals surface area (Å²) in [6.07, 6.45) is 0. The van der Waals surface area contributed by atoms with Gasteiger partial charge in [0.25, 0.3) is 0 Å². The van der Waals surface area contributed by atoms with Crippen molar-refractivity contribution in [2.45, 2.75) is 0 Å². The predicted octanol–water partition coefficient (Wildman–Crippen LogP) is 0.435. The molecule has 78 valence electrons. The second-order valence-corrected chi connectivity index (χ2v) is 4.03. The van der Waals surface area contributed by atoms with Crippen LogP contribution in [0.2, 0.25) is 0 Å². The maximum absolute atomic E-state index is 11.7. The monoisotopic (exact) mass is 204 g/mol. The summed E-state index contributed by atoms with van der Waals surface area (Å²) in [5.74, 6) is -0.103. The van der Waals surface area contributed by atoms with Crippen LogP contribution in [0.1, 0.15) is 5.56 Å². The van der Waals surface area contributed by atoms with E-state index in [9.17, 15) is 4.79 Å². The molecule has 4 heteroatoms. The largest absolute Gasteiger partial charge is 0.389 e. The lowest BCUT2D eigenvalue weighted by atomic mass is 10.1. The van der Waals surface area contributed by atoms with E-state index in [0.717, 1.165) is 5.56 Å². The first kappa shape index (κ1) is 9.73. The number of carbonyl (C=O) groups is 1. The molecular formula is C11H14N3O+. The van der Waals surface area contributed by atoms with E-state index >= 15 is 0 Å². The minimum absolute atomic E-state index is 0.0655. The lowest BCUT2D eigenvalue weighted by Gasteiger charge is -2.20. The highest BCUT2D eigenvalue weighted by molar-refractivity contribution is 5.98. The molecule has 1 aliphatic rings. The molecule has 1 amide bonds. The fraction of sp³-hybridized carbons (Fsp3) is 0.182. The van der Waals surface area contributed by atoms with E-state index in [2.05, 4.69) is 5.43 Å². The van der Waals surface area contributed by atoms with Gasteiger partial charge in [-0.05, 0) is 0 Å². The number of likely N-dealkylation sites (N-methyl/N-ethyl adjacent to an activating group) is 1. The van der Waals surface area contributed by atoms with Crippen LogP contribution in [0.3, 0.4) is 0 Å². The smallest absolute Gasteiger partial charge is 0.387 e. The van der Waals surface area contributed by atoms with Crippen LogP contribution in [0.4, 0.5) is 0 Å². The molecule has 4 nitrogen and oxygen atoms in total. The Morgan fingerprint density at radius 2 is 1.80 bits per heavy atom. The molecule has 0 bridgehead atoms. The maximum atomic E-state index is 11.7. The minimum Gasteiger partial charge on any atom is -0.389 e. The summed E-state index contributed by atoms with van der Waals surface area (Å²) >= 11 is 0. The third-order valence-electron chi connectivity index (χ3n) is 2.46. The molecule has 1 aromatic rings. The molecule has 1 aromatic carbocycles. The Kier molecular flexibility index (Phi) is 2.01. The second kappa shape index (κ2) is 3.10. The van der Waals surface area contributed by atoms with Crippen molar-refractivity contribution in [1.29, 1.82) is 0 Å². The summed E-state index contributed by atoms with van der Waals surface area (Å²) in [5, 5.41) is 0. The van der Waals surface area contributed by atoms with Gasteiger partial charge in [-0.3, -0.25) is 0 Å². The number of rotatable bonds is 1. The van der Waals surface area contributed by atoms with Gasteiger partial charge in [0.15, 0.2) is 5.70 Å². The third-order valence-corrected chi connectivity index (χ3v) is 2.46. The van der Waals surface area contributed by atoms with Crippen molar-refractivity contribution >= 4 is 11.6 Å². The Balaban J connectivity index is 2.45. The quantitative estimate of drug-likeness (QED) is 0.652. The molecular weight excluding hydrogens is 190 g/mol. The first-order valence-electron chi connectivity index (χ1n) is 4.75. The van der Waals surface area contributed by atoms with E-state index in [0.29, 0.717) is 11.4 Å². The Labute approximate surface area is 88.6 Å². The van der Waals surface area contributed by atoms with Crippen molar-refractivity contribution in [3.63, 3.8) is 0 Å². The van der Waals surface area contributed by atoms with Crippen LogP contribution in [0.5, 0.6) is 0 Å². The highest BCUT2D eigenvalue weighted by Crippen LogP contribution is 2.22. The molecule has 1 aliphatic heterocycles. The van der Waals surface area contributed by atoms with Crippen molar-refractivity contribution in [1.82, 2.24) is 5.43 Å². The molecule has 0 aromatic heterocycles. The van der Waals surface area contributed by atoms with Gasteiger partial charge >= 0.3 is 5.91 Å². The van der Waals surface area contributed by atoms with Gasteiger partial charge in [-0.1, -0.05) is 30.3 Å². The zero-order valence-corrected chi connectivity index (χ0v) is 8.82. The van der Waals surface area contributed by atoms with Crippen molar-refractivity contribution in [2.75, 3.05) is 14.1 Å². The van der Waals surface area contributed by atoms with E-state index in [4.69, 9.17) is 5.73 Å². The summed E-state index contributed by atoms with van der Waals surface area (Å²) in [7, 11) is 3.54. The zero-order valence-electron chi connectivity index (χ0n) is 8.82. The van der Waals surface area contributed by atoms with E-state index < -0.39 is 0 Å². The van der Waals surface area contributed by atoms with E-state index in [-0.39, 0.29) is 10.5 Å². The number of benzene rings is 1. The van der Waals surface area contributed by atoms with Crippen LogP contribution in [0.15, 0.2) is 36.0 Å². The normalized spacial score (nSPS) is 19.2. The van der Waals surface area contributed by atoms with Gasteiger partial charge in [-0.2, -0.15) is 4.59 Å². The summed E-state index contributed by atoms with van der Waals surface area (Å²) < 4.78 is 0.0655. The highest BCUT2D eigenvalue weighted by Gasteiger charge is 2.39. The van der Waals surface area contributed by atoms with Crippen molar-refractivity contribution < 1.29 is 9.39 Å². The van der Waals surface area contributed by atoms with Gasteiger partial charge in [-0.25, -0.2) is 10.2 Å². The van der Waals surface area contributed by atoms with Crippen LogP contribution in [0, 0.1) is 0 Å². The fourth-order valence-electron chi connectivity index (χ4n) is 1.62. The predicted molar refractivity (Wildman–Crippen MR) is 57.8 cm³/mol. The summed E-state index contributed by atoms with van der Waals surface area (Å²) in [5.41, 5.74) is 10.8. The minimum atomic E-state index is -0.103. The lowest BCUT2D eigenvalue weighted by Crippen LogP contribution is -2.50. The number of nitrogens with one attached hydrogen (secondary N) is 1. The van der Waals surface area contributed by atoms with Crippen LogP contribution < -0.4 is 11.2 Å². The SMILES string of the molecule is C[N+]1(C)NC(c2ccccc2)=C(N)C1=O. The van der Waals surface area contributed by atoms with E-state index in [1.807, 2.05) is 30.3 Å². The number of carbonyl (C=O) groups excluding carboxylic acids is 1. The Hall–Kier alpha value is -1.81. The summed E-state index contributed by atoms with van der Waals surface area (Å²) in [6.45, 7) is 0. The third kappa shape index (κ3) is 1.49. The van der Waals surface area contributed by atoms with E-state index in [1.54, 1.807) is 14.1 Å². The summed E-state index contributed by atoms with van der Waals surface area (Å²) in [4.78, 5) is 11.7.